The Morgan fingerprint density at radius 3 is 1.15 bits per heavy atom. The Hall–Kier alpha value is -2.03. The van der Waals surface area contributed by atoms with Gasteiger partial charge in [-0.15, -0.1) is 0 Å². The van der Waals surface area contributed by atoms with Crippen LogP contribution in [-0.2, 0) is 27.9 Å². The summed E-state index contributed by atoms with van der Waals surface area (Å²) >= 11 is 0. The van der Waals surface area contributed by atoms with Crippen molar-refractivity contribution < 1.29 is 37.3 Å². The smallest absolute Gasteiger partial charge is 0.306 e. The highest BCUT2D eigenvalue weighted by atomic mass is 31.2. The van der Waals surface area contributed by atoms with Gasteiger partial charge >= 0.3 is 5.97 Å². The summed E-state index contributed by atoms with van der Waals surface area (Å²) in [6.07, 6.45) is 76.5. The third-order valence-corrected chi connectivity index (χ3v) is 16.7. The summed E-state index contributed by atoms with van der Waals surface area (Å²) in [6, 6.07) is -0.889. The number of quaternary nitrogens is 1. The number of nitrogens with one attached hydrogen (secondary N) is 1. The van der Waals surface area contributed by atoms with Crippen molar-refractivity contribution in [2.45, 2.75) is 354 Å². The van der Waals surface area contributed by atoms with E-state index >= 15 is 0 Å². The molecule has 0 rings (SSSR count). The molecule has 0 radical (unpaired) electrons. The zero-order valence-corrected chi connectivity index (χ0v) is 55.4. The number of likely N-dealkylation sites (N-methyl/N-ethyl adjacent to an activating group) is 1. The second-order valence-corrected chi connectivity index (χ2v) is 26.4. The first-order valence-corrected chi connectivity index (χ1v) is 36.4. The first-order chi connectivity index (χ1) is 39.4. The summed E-state index contributed by atoms with van der Waals surface area (Å²) in [5, 5.41) is 3.04. The highest BCUT2D eigenvalue weighted by Gasteiger charge is 2.27. The monoisotopic (exact) mass is 1160 g/mol. The van der Waals surface area contributed by atoms with Crippen LogP contribution in [-0.4, -0.2) is 69.4 Å². The summed E-state index contributed by atoms with van der Waals surface area (Å²) in [4.78, 5) is 40.1. The van der Waals surface area contributed by atoms with Crippen LogP contribution >= 0.6 is 7.82 Å². The molecule has 0 aromatic carbocycles. The summed E-state index contributed by atoms with van der Waals surface area (Å²) in [6.45, 7) is 6.86. The van der Waals surface area contributed by atoms with Crippen LogP contribution in [0.4, 0.5) is 0 Å². The van der Waals surface area contributed by atoms with Crippen molar-refractivity contribution in [1.82, 2.24) is 5.32 Å². The summed E-state index contributed by atoms with van der Waals surface area (Å²) in [7, 11) is 1.19. The Kier molecular flexibility index (Phi) is 59.5. The van der Waals surface area contributed by atoms with Crippen molar-refractivity contribution in [2.24, 2.45) is 0 Å². The predicted molar refractivity (Wildman–Crippen MR) is 349 cm³/mol. The van der Waals surface area contributed by atoms with Crippen LogP contribution in [0.25, 0.3) is 0 Å². The minimum absolute atomic E-state index is 0.0217. The van der Waals surface area contributed by atoms with Crippen LogP contribution in [0.3, 0.4) is 0 Å². The molecule has 0 aliphatic rings. The average Bonchev–Trinajstić information content (AvgIpc) is 3.44. The maximum atomic E-state index is 13.6. The molecule has 0 aliphatic carbocycles. The minimum atomic E-state index is -4.70. The van der Waals surface area contributed by atoms with Gasteiger partial charge in [-0.25, -0.2) is 0 Å². The van der Waals surface area contributed by atoms with Crippen molar-refractivity contribution in [1.29, 1.82) is 0 Å². The normalized spacial score (nSPS) is 13.8. The molecular weight excluding hydrogens is 1020 g/mol. The van der Waals surface area contributed by atoms with Gasteiger partial charge in [0, 0.05) is 12.8 Å². The molecule has 0 aromatic rings. The fourth-order valence-corrected chi connectivity index (χ4v) is 11.0. The van der Waals surface area contributed by atoms with Crippen molar-refractivity contribution in [3.63, 3.8) is 0 Å². The van der Waals surface area contributed by atoms with Gasteiger partial charge in [0.25, 0.3) is 7.82 Å². The van der Waals surface area contributed by atoms with Crippen LogP contribution < -0.4 is 10.2 Å². The molecule has 0 spiro atoms. The maximum absolute atomic E-state index is 13.6. The van der Waals surface area contributed by atoms with E-state index in [4.69, 9.17) is 13.8 Å². The van der Waals surface area contributed by atoms with Crippen LogP contribution in [0, 0.1) is 0 Å². The van der Waals surface area contributed by atoms with Crippen molar-refractivity contribution >= 4 is 19.7 Å². The molecular formula is C71H135N2O7P. The number of esters is 1. The maximum Gasteiger partial charge on any atom is 0.306 e. The number of nitrogens with zero attached hydrogens (tertiary/aromatic N) is 1. The summed E-state index contributed by atoms with van der Waals surface area (Å²) in [5.41, 5.74) is 0. The van der Waals surface area contributed by atoms with E-state index in [0.717, 1.165) is 77.0 Å². The number of hydrogen-bond donors (Lipinski definition) is 1. The van der Waals surface area contributed by atoms with E-state index in [9.17, 15) is 19.0 Å². The lowest BCUT2D eigenvalue weighted by Gasteiger charge is -2.30. The molecule has 1 N–H and O–H groups in total. The third kappa shape index (κ3) is 62.3. The first kappa shape index (κ1) is 79.0. The number of phosphoric acid groups is 1. The summed E-state index contributed by atoms with van der Waals surface area (Å²) < 4.78 is 30.4. The second kappa shape index (κ2) is 61.1. The molecule has 0 saturated heterocycles. The van der Waals surface area contributed by atoms with E-state index in [1.807, 2.05) is 33.3 Å². The predicted octanol–water partition coefficient (Wildman–Crippen LogP) is 21.4. The lowest BCUT2D eigenvalue weighted by atomic mass is 10.0. The molecule has 0 heterocycles. The SMILES string of the molecule is CCCCC/C=C\C/C=C\CCCCCCCCCCCCCCCCCC(=O)OC(/C=C\CCCCCCCCCCCCC)C(COP(=O)([O-])OCC[N+](C)(C)C)NC(=O)CCCCCCCCC/C=C/CCCCCCCC. The van der Waals surface area contributed by atoms with E-state index in [-0.39, 0.29) is 31.5 Å². The molecule has 0 aromatic heterocycles. The Balaban J connectivity index is 5.08. The van der Waals surface area contributed by atoms with Crippen LogP contribution in [0.5, 0.6) is 0 Å². The van der Waals surface area contributed by atoms with Gasteiger partial charge in [0.1, 0.15) is 19.3 Å². The highest BCUT2D eigenvalue weighted by Crippen LogP contribution is 2.38. The van der Waals surface area contributed by atoms with E-state index < -0.39 is 20.0 Å². The van der Waals surface area contributed by atoms with E-state index in [2.05, 4.69) is 62.5 Å². The largest absolute Gasteiger partial charge is 0.756 e. The van der Waals surface area contributed by atoms with E-state index in [0.29, 0.717) is 17.4 Å². The van der Waals surface area contributed by atoms with Gasteiger partial charge in [-0.1, -0.05) is 288 Å². The molecule has 3 atom stereocenters. The lowest BCUT2D eigenvalue weighted by molar-refractivity contribution is -0.870. The first-order valence-electron chi connectivity index (χ1n) is 34.9. The summed E-state index contributed by atoms with van der Waals surface area (Å²) in [5.74, 6) is -0.531. The fraction of sp³-hybridized carbons (Fsp3) is 0.859. The number of hydrogen-bond acceptors (Lipinski definition) is 7. The standard InChI is InChI=1S/C71H135N2O7P/c1-7-10-13-16-19-22-25-28-30-32-33-34-35-36-37-38-39-41-43-46-49-52-55-58-61-64-71(75)80-69(62-59-56-53-50-47-44-27-24-21-18-15-12-9-3)68(67-79-81(76,77)78-66-65-73(4,5)6)72-70(74)63-60-57-54-51-48-45-42-40-31-29-26-23-20-17-14-11-8-2/h19,22,28-31,59,62,68-69H,7-18,20-21,23-27,32-58,60-61,63-67H2,1-6H3,(H-,72,74,76,77)/b22-19-,30-28-,31-29+,62-59-. The molecule has 476 valence electrons. The van der Waals surface area contributed by atoms with Crippen molar-refractivity contribution in [3.8, 4) is 0 Å². The topological polar surface area (TPSA) is 114 Å². The Bertz CT molecular complexity index is 1520. The van der Waals surface area contributed by atoms with Gasteiger partial charge in [0.2, 0.25) is 5.91 Å². The molecule has 1 amide bonds. The molecule has 0 saturated carbocycles. The van der Waals surface area contributed by atoms with Crippen molar-refractivity contribution in [3.05, 3.63) is 48.6 Å². The van der Waals surface area contributed by atoms with Crippen molar-refractivity contribution in [2.75, 3.05) is 40.9 Å². The number of phosphoric ester groups is 1. The Morgan fingerprint density at radius 1 is 0.432 bits per heavy atom. The number of ether oxygens (including phenoxy) is 1. The van der Waals surface area contributed by atoms with Gasteiger partial charge in [-0.3, -0.25) is 14.2 Å². The molecule has 9 nitrogen and oxygen atoms in total. The molecule has 0 bridgehead atoms. The second-order valence-electron chi connectivity index (χ2n) is 25.0. The number of unbranched alkanes of at least 4 members (excludes halogenated alkanes) is 42. The quantitative estimate of drug-likeness (QED) is 0.0212. The Morgan fingerprint density at radius 2 is 0.753 bits per heavy atom. The molecule has 0 fully saturated rings. The number of carbonyl (C=O) groups is 2. The minimum Gasteiger partial charge on any atom is -0.756 e. The number of rotatable bonds is 64. The van der Waals surface area contributed by atoms with Gasteiger partial charge < -0.3 is 28.5 Å². The number of allylic oxidation sites excluding steroid dienone is 7. The molecule has 10 heteroatoms. The number of carbonyl (C=O) groups excluding carboxylic acids is 2. The lowest BCUT2D eigenvalue weighted by Crippen LogP contribution is -2.47. The zero-order chi connectivity index (χ0) is 59.3. The third-order valence-electron chi connectivity index (χ3n) is 15.7. The van der Waals surface area contributed by atoms with Crippen LogP contribution in [0.1, 0.15) is 342 Å². The fourth-order valence-electron chi connectivity index (χ4n) is 10.3. The average molecular weight is 1160 g/mol. The van der Waals surface area contributed by atoms with E-state index in [1.54, 1.807) is 0 Å². The van der Waals surface area contributed by atoms with Crippen LogP contribution in [0.15, 0.2) is 48.6 Å². The Labute approximate surface area is 503 Å². The van der Waals surface area contributed by atoms with Gasteiger partial charge in [-0.2, -0.15) is 0 Å². The molecule has 3 unspecified atom stereocenters. The van der Waals surface area contributed by atoms with Gasteiger partial charge in [-0.05, 0) is 89.5 Å². The van der Waals surface area contributed by atoms with Gasteiger partial charge in [0.05, 0.1) is 33.8 Å². The molecule has 0 aliphatic heterocycles. The van der Waals surface area contributed by atoms with E-state index in [1.165, 1.54) is 231 Å². The zero-order valence-electron chi connectivity index (χ0n) is 54.5. The number of amides is 1. The highest BCUT2D eigenvalue weighted by molar-refractivity contribution is 7.45. The van der Waals surface area contributed by atoms with Gasteiger partial charge in [0.15, 0.2) is 0 Å². The van der Waals surface area contributed by atoms with Crippen LogP contribution in [0.2, 0.25) is 0 Å². The molecule has 81 heavy (non-hydrogen) atoms.